The minimum absolute atomic E-state index is 0.0460. The van der Waals surface area contributed by atoms with Gasteiger partial charge in [0.1, 0.15) is 23.0 Å². The second-order valence-electron chi connectivity index (χ2n) is 8.78. The van der Waals surface area contributed by atoms with Gasteiger partial charge >= 0.3 is 0 Å². The lowest BCUT2D eigenvalue weighted by molar-refractivity contribution is 0.368. The predicted molar refractivity (Wildman–Crippen MR) is 143 cm³/mol. The van der Waals surface area contributed by atoms with E-state index in [9.17, 15) is 30.6 Å². The van der Waals surface area contributed by atoms with Crippen LogP contribution in [0.25, 0.3) is 12.2 Å². The van der Waals surface area contributed by atoms with E-state index in [0.717, 1.165) is 0 Å². The van der Waals surface area contributed by atoms with Gasteiger partial charge < -0.3 is 40.1 Å². The standard InChI is InChI=1S/C30H28O8/c1-37-28-14-19(6-8-26(28)34)24(13-20-5-7-21(31)16-27(20)35)25-11-18(12-29(38-2)30(25)36)4-3-17-9-22(32)15-23(33)10-17/h3-12,14-16,24,31-36H,13H2,1-2H3/t24-/m0/s1. The quantitative estimate of drug-likeness (QED) is 0.169. The molecule has 0 saturated heterocycles. The van der Waals surface area contributed by atoms with Crippen molar-refractivity contribution in [3.05, 3.63) is 94.5 Å². The van der Waals surface area contributed by atoms with E-state index in [-0.39, 0.29) is 52.4 Å². The number of rotatable bonds is 8. The summed E-state index contributed by atoms with van der Waals surface area (Å²) in [5.41, 5.74) is 2.90. The molecule has 4 rings (SSSR count). The largest absolute Gasteiger partial charge is 0.508 e. The molecule has 6 N–H and O–H groups in total. The van der Waals surface area contributed by atoms with Crippen LogP contribution in [0.4, 0.5) is 0 Å². The molecule has 0 radical (unpaired) electrons. The Kier molecular flexibility index (Phi) is 7.53. The summed E-state index contributed by atoms with van der Waals surface area (Å²) in [5, 5.41) is 61.1. The lowest BCUT2D eigenvalue weighted by Gasteiger charge is -2.22. The second-order valence-corrected chi connectivity index (χ2v) is 8.78. The topological polar surface area (TPSA) is 140 Å². The predicted octanol–water partition coefficient (Wildman–Crippen LogP) is 5.48. The lowest BCUT2D eigenvalue weighted by Crippen LogP contribution is -2.07. The van der Waals surface area contributed by atoms with Gasteiger partial charge in [0, 0.05) is 23.6 Å². The maximum Gasteiger partial charge on any atom is 0.161 e. The average Bonchev–Trinajstić information content (AvgIpc) is 2.88. The van der Waals surface area contributed by atoms with Gasteiger partial charge in [-0.1, -0.05) is 24.3 Å². The van der Waals surface area contributed by atoms with Crippen LogP contribution in [0.2, 0.25) is 0 Å². The van der Waals surface area contributed by atoms with Gasteiger partial charge in [-0.05, 0) is 71.1 Å². The van der Waals surface area contributed by atoms with E-state index in [1.807, 2.05) is 0 Å². The van der Waals surface area contributed by atoms with Gasteiger partial charge in [0.05, 0.1) is 14.2 Å². The summed E-state index contributed by atoms with van der Waals surface area (Å²) in [7, 11) is 2.87. The van der Waals surface area contributed by atoms with Gasteiger partial charge in [-0.2, -0.15) is 0 Å². The molecule has 0 heterocycles. The molecule has 0 amide bonds. The number of phenolic OH excluding ortho intramolecular Hbond substituents is 6. The van der Waals surface area contributed by atoms with Crippen molar-refractivity contribution < 1.29 is 40.1 Å². The highest BCUT2D eigenvalue weighted by Gasteiger charge is 2.24. The smallest absolute Gasteiger partial charge is 0.161 e. The number of hydrogen-bond acceptors (Lipinski definition) is 8. The summed E-state index contributed by atoms with van der Waals surface area (Å²) in [5.74, 6) is -0.569. The highest BCUT2D eigenvalue weighted by Crippen LogP contribution is 2.43. The molecule has 4 aromatic rings. The number of aromatic hydroxyl groups is 6. The highest BCUT2D eigenvalue weighted by molar-refractivity contribution is 5.73. The van der Waals surface area contributed by atoms with Crippen LogP contribution in [0.15, 0.2) is 66.7 Å². The van der Waals surface area contributed by atoms with E-state index in [0.29, 0.717) is 27.8 Å². The highest BCUT2D eigenvalue weighted by atomic mass is 16.5. The van der Waals surface area contributed by atoms with Crippen molar-refractivity contribution in [2.75, 3.05) is 14.2 Å². The Bertz CT molecular complexity index is 1470. The van der Waals surface area contributed by atoms with Crippen LogP contribution < -0.4 is 9.47 Å². The first-order valence-electron chi connectivity index (χ1n) is 11.7. The molecule has 0 aliphatic heterocycles. The Hall–Kier alpha value is -4.98. The molecule has 0 aliphatic rings. The number of hydrogen-bond donors (Lipinski definition) is 6. The maximum atomic E-state index is 11.2. The fourth-order valence-corrected chi connectivity index (χ4v) is 4.34. The van der Waals surface area contributed by atoms with Gasteiger partial charge in [-0.15, -0.1) is 0 Å². The van der Waals surface area contributed by atoms with Crippen molar-refractivity contribution in [1.82, 2.24) is 0 Å². The molecule has 0 unspecified atom stereocenters. The third kappa shape index (κ3) is 5.70. The summed E-state index contributed by atoms with van der Waals surface area (Å²) >= 11 is 0. The van der Waals surface area contributed by atoms with Gasteiger partial charge in [-0.3, -0.25) is 0 Å². The molecule has 0 spiro atoms. The van der Waals surface area contributed by atoms with E-state index >= 15 is 0 Å². The fourth-order valence-electron chi connectivity index (χ4n) is 4.34. The zero-order valence-corrected chi connectivity index (χ0v) is 20.8. The van der Waals surface area contributed by atoms with Crippen molar-refractivity contribution in [2.45, 2.75) is 12.3 Å². The monoisotopic (exact) mass is 516 g/mol. The van der Waals surface area contributed by atoms with Crippen molar-refractivity contribution in [1.29, 1.82) is 0 Å². The van der Waals surface area contributed by atoms with E-state index in [4.69, 9.17) is 9.47 Å². The average molecular weight is 517 g/mol. The van der Waals surface area contributed by atoms with Crippen molar-refractivity contribution in [2.24, 2.45) is 0 Å². The number of benzene rings is 4. The van der Waals surface area contributed by atoms with Crippen LogP contribution >= 0.6 is 0 Å². The first-order chi connectivity index (χ1) is 18.2. The fraction of sp³-hybridized carbons (Fsp3) is 0.133. The summed E-state index contributed by atoms with van der Waals surface area (Å²) in [6, 6.07) is 16.8. The first kappa shape index (κ1) is 26.1. The lowest BCUT2D eigenvalue weighted by atomic mass is 9.84. The summed E-state index contributed by atoms with van der Waals surface area (Å²) in [4.78, 5) is 0. The summed E-state index contributed by atoms with van der Waals surface area (Å²) < 4.78 is 10.7. The Balaban J connectivity index is 1.86. The Morgan fingerprint density at radius 2 is 1.29 bits per heavy atom. The minimum atomic E-state index is -0.535. The molecule has 0 saturated carbocycles. The van der Waals surface area contributed by atoms with Gasteiger partial charge in [-0.25, -0.2) is 0 Å². The molecule has 0 fully saturated rings. The zero-order valence-electron chi connectivity index (χ0n) is 20.8. The molecule has 0 aromatic heterocycles. The SMILES string of the molecule is COc1cc([C@H](Cc2ccc(O)cc2O)c2cc(C=Cc3cc(O)cc(O)c3)cc(OC)c2O)ccc1O. The molecule has 1 atom stereocenters. The molecule has 196 valence electrons. The van der Waals surface area contributed by atoms with E-state index in [2.05, 4.69) is 0 Å². The molecular formula is C30H28O8. The Morgan fingerprint density at radius 1 is 0.632 bits per heavy atom. The minimum Gasteiger partial charge on any atom is -0.508 e. The molecule has 8 nitrogen and oxygen atoms in total. The number of phenols is 6. The van der Waals surface area contributed by atoms with Gasteiger partial charge in [0.2, 0.25) is 0 Å². The summed E-state index contributed by atoms with van der Waals surface area (Å²) in [6.45, 7) is 0. The van der Waals surface area contributed by atoms with Crippen LogP contribution in [-0.2, 0) is 6.42 Å². The van der Waals surface area contributed by atoms with Crippen LogP contribution in [0.3, 0.4) is 0 Å². The third-order valence-electron chi connectivity index (χ3n) is 6.21. The van der Waals surface area contributed by atoms with E-state index in [1.165, 1.54) is 50.6 Å². The van der Waals surface area contributed by atoms with E-state index in [1.54, 1.807) is 42.5 Å². The number of methoxy groups -OCH3 is 2. The molecule has 8 heteroatoms. The Labute approximate surface area is 219 Å². The van der Waals surface area contributed by atoms with E-state index < -0.39 is 5.92 Å². The van der Waals surface area contributed by atoms with Crippen LogP contribution in [-0.4, -0.2) is 44.9 Å². The molecule has 0 bridgehead atoms. The van der Waals surface area contributed by atoms with Crippen LogP contribution in [0, 0.1) is 0 Å². The van der Waals surface area contributed by atoms with Crippen molar-refractivity contribution >= 4 is 12.2 Å². The van der Waals surface area contributed by atoms with Gasteiger partial charge in [0.25, 0.3) is 0 Å². The van der Waals surface area contributed by atoms with Crippen molar-refractivity contribution in [3.8, 4) is 46.0 Å². The molecule has 0 aliphatic carbocycles. The normalized spacial score (nSPS) is 11.9. The first-order valence-corrected chi connectivity index (χ1v) is 11.7. The molecule has 38 heavy (non-hydrogen) atoms. The zero-order chi connectivity index (χ0) is 27.4. The molecule has 4 aromatic carbocycles. The van der Waals surface area contributed by atoms with Gasteiger partial charge in [0.15, 0.2) is 23.0 Å². The molecular weight excluding hydrogens is 488 g/mol. The van der Waals surface area contributed by atoms with Crippen LogP contribution in [0.1, 0.15) is 33.7 Å². The van der Waals surface area contributed by atoms with Crippen LogP contribution in [0.5, 0.6) is 46.0 Å². The summed E-state index contributed by atoms with van der Waals surface area (Å²) in [6.07, 6.45) is 3.66. The maximum absolute atomic E-state index is 11.2. The van der Waals surface area contributed by atoms with Crippen molar-refractivity contribution in [3.63, 3.8) is 0 Å². The Morgan fingerprint density at radius 3 is 1.92 bits per heavy atom. The second kappa shape index (κ2) is 11.0. The number of ether oxygens (including phenoxy) is 2. The third-order valence-corrected chi connectivity index (χ3v) is 6.21.